The summed E-state index contributed by atoms with van der Waals surface area (Å²) in [5.41, 5.74) is 9.07. The van der Waals surface area contributed by atoms with Crippen LogP contribution < -0.4 is 4.74 Å². The molecule has 1 aliphatic rings. The second kappa shape index (κ2) is 5.31. The zero-order valence-electron chi connectivity index (χ0n) is 13.9. The van der Waals surface area contributed by atoms with Gasteiger partial charge >= 0.3 is 0 Å². The van der Waals surface area contributed by atoms with Crippen molar-refractivity contribution in [2.24, 2.45) is 0 Å². The number of rotatable bonds is 2. The zero-order chi connectivity index (χ0) is 16.0. The lowest BCUT2D eigenvalue weighted by Gasteiger charge is -2.20. The third-order valence-corrected chi connectivity index (χ3v) is 4.79. The summed E-state index contributed by atoms with van der Waals surface area (Å²) < 4.78 is 8.43. The minimum absolute atomic E-state index is 0.657. The Hall–Kier alpha value is -2.48. The molecule has 0 bridgehead atoms. The van der Waals surface area contributed by atoms with Gasteiger partial charge in [-0.15, -0.1) is 0 Å². The third-order valence-electron chi connectivity index (χ3n) is 4.79. The minimum Gasteiger partial charge on any atom is -0.488 e. The molecule has 4 rings (SSSR count). The minimum atomic E-state index is 0.657. The van der Waals surface area contributed by atoms with Crippen LogP contribution in [-0.2, 0) is 13.2 Å². The molecule has 0 aliphatic carbocycles. The predicted octanol–water partition coefficient (Wildman–Crippen LogP) is 5.35. The van der Waals surface area contributed by atoms with Gasteiger partial charge < -0.3 is 9.30 Å². The Kier molecular flexibility index (Phi) is 3.26. The van der Waals surface area contributed by atoms with E-state index in [0.717, 1.165) is 12.3 Å². The van der Waals surface area contributed by atoms with Gasteiger partial charge in [-0.05, 0) is 44.0 Å². The van der Waals surface area contributed by atoms with Gasteiger partial charge in [0.05, 0.1) is 11.4 Å². The maximum absolute atomic E-state index is 5.99. The van der Waals surface area contributed by atoms with Crippen LogP contribution in [0, 0.1) is 13.8 Å². The van der Waals surface area contributed by atoms with E-state index in [0.29, 0.717) is 6.61 Å². The van der Waals surface area contributed by atoms with Gasteiger partial charge in [0.15, 0.2) is 0 Å². The number of ether oxygens (including phenoxy) is 1. The third kappa shape index (κ3) is 2.09. The van der Waals surface area contributed by atoms with Crippen molar-refractivity contribution >= 4 is 0 Å². The molecule has 1 aromatic heterocycles. The molecule has 0 amide bonds. The lowest BCUT2D eigenvalue weighted by atomic mass is 10.0. The molecule has 2 nitrogen and oxygen atoms in total. The normalized spacial score (nSPS) is 12.5. The standard InChI is InChI=1S/C21H21NO/c1-4-22-20(16-11-9-14(2)10-12-16)15(3)18-13-23-19-8-6-5-7-17(19)21(18)22/h5-12H,4,13H2,1-3H3. The van der Waals surface area contributed by atoms with Crippen LogP contribution in [-0.4, -0.2) is 4.57 Å². The Morgan fingerprint density at radius 1 is 0.957 bits per heavy atom. The lowest BCUT2D eigenvalue weighted by Crippen LogP contribution is -2.08. The van der Waals surface area contributed by atoms with Gasteiger partial charge in [0, 0.05) is 17.7 Å². The molecule has 2 heteroatoms. The van der Waals surface area contributed by atoms with Crippen LogP contribution in [0.5, 0.6) is 5.75 Å². The quantitative estimate of drug-likeness (QED) is 0.622. The van der Waals surface area contributed by atoms with Crippen molar-refractivity contribution in [2.45, 2.75) is 33.9 Å². The van der Waals surface area contributed by atoms with Crippen molar-refractivity contribution in [1.29, 1.82) is 0 Å². The van der Waals surface area contributed by atoms with Gasteiger partial charge in [0.2, 0.25) is 0 Å². The summed E-state index contributed by atoms with van der Waals surface area (Å²) in [4.78, 5) is 0. The van der Waals surface area contributed by atoms with Gasteiger partial charge in [-0.3, -0.25) is 0 Å². The molecule has 0 spiro atoms. The van der Waals surface area contributed by atoms with E-state index in [1.165, 1.54) is 39.2 Å². The summed E-state index contributed by atoms with van der Waals surface area (Å²) in [6.45, 7) is 8.18. The fourth-order valence-electron chi connectivity index (χ4n) is 3.62. The first kappa shape index (κ1) is 14.1. The fraction of sp³-hybridized carbons (Fsp3) is 0.238. The molecule has 0 saturated heterocycles. The van der Waals surface area contributed by atoms with E-state index in [1.807, 2.05) is 6.07 Å². The molecule has 2 aromatic carbocycles. The van der Waals surface area contributed by atoms with Crippen LogP contribution in [0.15, 0.2) is 48.5 Å². The topological polar surface area (TPSA) is 14.2 Å². The number of para-hydroxylation sites is 1. The maximum atomic E-state index is 5.99. The molecule has 0 radical (unpaired) electrons. The van der Waals surface area contributed by atoms with E-state index in [4.69, 9.17) is 4.74 Å². The number of aryl methyl sites for hydroxylation is 1. The molecule has 0 atom stereocenters. The summed E-state index contributed by atoms with van der Waals surface area (Å²) in [6.07, 6.45) is 0. The van der Waals surface area contributed by atoms with Crippen molar-refractivity contribution in [3.8, 4) is 28.3 Å². The van der Waals surface area contributed by atoms with E-state index in [1.54, 1.807) is 0 Å². The number of nitrogens with zero attached hydrogens (tertiary/aromatic N) is 1. The number of aromatic nitrogens is 1. The molecular formula is C21H21NO. The first-order valence-electron chi connectivity index (χ1n) is 8.22. The molecule has 116 valence electrons. The molecule has 3 aromatic rings. The van der Waals surface area contributed by atoms with Gasteiger partial charge in [-0.25, -0.2) is 0 Å². The molecule has 0 N–H and O–H groups in total. The second-order valence-electron chi connectivity index (χ2n) is 6.20. The van der Waals surface area contributed by atoms with Crippen molar-refractivity contribution < 1.29 is 4.74 Å². The van der Waals surface area contributed by atoms with Crippen molar-refractivity contribution in [2.75, 3.05) is 0 Å². The van der Waals surface area contributed by atoms with Crippen LogP contribution in [0.1, 0.15) is 23.6 Å². The van der Waals surface area contributed by atoms with E-state index in [9.17, 15) is 0 Å². The van der Waals surface area contributed by atoms with Gasteiger partial charge in [0.25, 0.3) is 0 Å². The fourth-order valence-corrected chi connectivity index (χ4v) is 3.62. The zero-order valence-corrected chi connectivity index (χ0v) is 13.9. The molecular weight excluding hydrogens is 282 g/mol. The summed E-state index contributed by atoms with van der Waals surface area (Å²) in [5.74, 6) is 0.989. The van der Waals surface area contributed by atoms with E-state index < -0.39 is 0 Å². The Labute approximate surface area is 137 Å². The molecule has 0 fully saturated rings. The Morgan fingerprint density at radius 2 is 1.70 bits per heavy atom. The summed E-state index contributed by atoms with van der Waals surface area (Å²) in [7, 11) is 0. The van der Waals surface area contributed by atoms with E-state index in [-0.39, 0.29) is 0 Å². The van der Waals surface area contributed by atoms with Crippen molar-refractivity contribution in [1.82, 2.24) is 4.57 Å². The Bertz CT molecular complexity index is 872. The largest absolute Gasteiger partial charge is 0.488 e. The lowest BCUT2D eigenvalue weighted by molar-refractivity contribution is 0.301. The highest BCUT2D eigenvalue weighted by atomic mass is 16.5. The molecule has 0 saturated carbocycles. The number of hydrogen-bond donors (Lipinski definition) is 0. The number of fused-ring (bicyclic) bond motifs is 3. The first-order valence-corrected chi connectivity index (χ1v) is 8.22. The van der Waals surface area contributed by atoms with E-state index in [2.05, 4.69) is 67.8 Å². The highest BCUT2D eigenvalue weighted by Crippen LogP contribution is 2.43. The van der Waals surface area contributed by atoms with Crippen LogP contribution in [0.3, 0.4) is 0 Å². The first-order chi connectivity index (χ1) is 11.2. The van der Waals surface area contributed by atoms with Crippen LogP contribution in [0.4, 0.5) is 0 Å². The highest BCUT2D eigenvalue weighted by Gasteiger charge is 2.26. The molecule has 23 heavy (non-hydrogen) atoms. The average Bonchev–Trinajstić information content (AvgIpc) is 2.88. The molecule has 0 unspecified atom stereocenters. The maximum Gasteiger partial charge on any atom is 0.129 e. The smallest absolute Gasteiger partial charge is 0.129 e. The van der Waals surface area contributed by atoms with Crippen molar-refractivity contribution in [3.05, 3.63) is 65.2 Å². The summed E-state index contributed by atoms with van der Waals surface area (Å²) >= 11 is 0. The van der Waals surface area contributed by atoms with Gasteiger partial charge in [0.1, 0.15) is 12.4 Å². The van der Waals surface area contributed by atoms with Crippen LogP contribution in [0.25, 0.3) is 22.5 Å². The Balaban J connectivity index is 2.01. The van der Waals surface area contributed by atoms with Gasteiger partial charge in [-0.1, -0.05) is 42.0 Å². The van der Waals surface area contributed by atoms with Crippen LogP contribution >= 0.6 is 0 Å². The average molecular weight is 303 g/mol. The molecule has 1 aliphatic heterocycles. The van der Waals surface area contributed by atoms with E-state index >= 15 is 0 Å². The van der Waals surface area contributed by atoms with Gasteiger partial charge in [-0.2, -0.15) is 0 Å². The number of hydrogen-bond acceptors (Lipinski definition) is 1. The van der Waals surface area contributed by atoms with Crippen LogP contribution in [0.2, 0.25) is 0 Å². The second-order valence-corrected chi connectivity index (χ2v) is 6.20. The number of benzene rings is 2. The summed E-state index contributed by atoms with van der Waals surface area (Å²) in [5, 5.41) is 0. The Morgan fingerprint density at radius 3 is 2.43 bits per heavy atom. The SMILES string of the molecule is CCn1c(-c2ccc(C)cc2)c(C)c2c1-c1ccccc1OC2. The molecule has 2 heterocycles. The highest BCUT2D eigenvalue weighted by molar-refractivity contribution is 5.80. The summed E-state index contributed by atoms with van der Waals surface area (Å²) in [6, 6.07) is 17.2. The monoisotopic (exact) mass is 303 g/mol. The van der Waals surface area contributed by atoms with Crippen molar-refractivity contribution in [3.63, 3.8) is 0 Å². The predicted molar refractivity (Wildman–Crippen MR) is 94.8 cm³/mol.